The Morgan fingerprint density at radius 3 is 2.38 bits per heavy atom. The van der Waals surface area contributed by atoms with Crippen molar-refractivity contribution >= 4 is 0 Å². The third-order valence-electron chi connectivity index (χ3n) is 4.62. The Hall–Kier alpha value is -0.860. The van der Waals surface area contributed by atoms with Crippen molar-refractivity contribution in [2.75, 3.05) is 0 Å². The number of aliphatic hydroxyl groups excluding tert-OH is 1. The molecule has 1 saturated carbocycles. The van der Waals surface area contributed by atoms with Crippen LogP contribution in [0, 0.1) is 18.3 Å². The zero-order valence-corrected chi connectivity index (χ0v) is 14.1. The number of ether oxygens (including phenoxy) is 1. The van der Waals surface area contributed by atoms with E-state index in [1.807, 2.05) is 31.2 Å². The van der Waals surface area contributed by atoms with E-state index in [0.29, 0.717) is 11.3 Å². The summed E-state index contributed by atoms with van der Waals surface area (Å²) in [5.74, 6) is 0.697. The monoisotopic (exact) mass is 290 g/mol. The minimum atomic E-state index is -0.550. The summed E-state index contributed by atoms with van der Waals surface area (Å²) in [5, 5.41) is 10.5. The first-order valence-electron chi connectivity index (χ1n) is 8.17. The highest BCUT2D eigenvalue weighted by Gasteiger charge is 2.34. The van der Waals surface area contributed by atoms with Crippen LogP contribution in [-0.4, -0.2) is 17.3 Å². The summed E-state index contributed by atoms with van der Waals surface area (Å²) in [6.07, 6.45) is 3.00. The van der Waals surface area contributed by atoms with Gasteiger partial charge < -0.3 is 9.84 Å². The predicted molar refractivity (Wildman–Crippen MR) is 87.3 cm³/mol. The fraction of sp³-hybridized carbons (Fsp3) is 0.684. The fourth-order valence-electron chi connectivity index (χ4n) is 3.77. The van der Waals surface area contributed by atoms with E-state index in [2.05, 4.69) is 27.7 Å². The predicted octanol–water partition coefficient (Wildman–Crippen LogP) is 4.65. The van der Waals surface area contributed by atoms with E-state index < -0.39 is 6.10 Å². The van der Waals surface area contributed by atoms with Crippen LogP contribution >= 0.6 is 0 Å². The summed E-state index contributed by atoms with van der Waals surface area (Å²) in [6.45, 7) is 11.0. The van der Waals surface area contributed by atoms with Crippen molar-refractivity contribution in [3.8, 4) is 0 Å². The maximum atomic E-state index is 10.5. The van der Waals surface area contributed by atoms with Crippen LogP contribution in [0.25, 0.3) is 0 Å². The molecule has 0 saturated heterocycles. The van der Waals surface area contributed by atoms with Gasteiger partial charge in [-0.3, -0.25) is 0 Å². The maximum absolute atomic E-state index is 10.5. The summed E-state index contributed by atoms with van der Waals surface area (Å²) >= 11 is 0. The molecular weight excluding hydrogens is 260 g/mol. The average Bonchev–Trinajstić information content (AvgIpc) is 2.36. The first-order valence-corrected chi connectivity index (χ1v) is 8.17. The van der Waals surface area contributed by atoms with Crippen LogP contribution in [0.15, 0.2) is 24.3 Å². The lowest BCUT2D eigenvalue weighted by molar-refractivity contribution is -0.102. The molecule has 2 rings (SSSR count). The quantitative estimate of drug-likeness (QED) is 0.874. The summed E-state index contributed by atoms with van der Waals surface area (Å²) < 4.78 is 6.19. The van der Waals surface area contributed by atoms with E-state index in [9.17, 15) is 5.11 Å². The van der Waals surface area contributed by atoms with Crippen LogP contribution in [0.4, 0.5) is 0 Å². The number of hydrogen-bond donors (Lipinski definition) is 1. The van der Waals surface area contributed by atoms with Crippen molar-refractivity contribution < 1.29 is 9.84 Å². The Kier molecular flexibility index (Phi) is 5.11. The largest absolute Gasteiger partial charge is 0.386 e. The van der Waals surface area contributed by atoms with Crippen molar-refractivity contribution in [2.24, 2.45) is 11.3 Å². The molecule has 1 N–H and O–H groups in total. The highest BCUT2D eigenvalue weighted by molar-refractivity contribution is 5.23. The Balaban J connectivity index is 1.97. The van der Waals surface area contributed by atoms with Crippen LogP contribution in [0.1, 0.15) is 64.2 Å². The van der Waals surface area contributed by atoms with E-state index in [1.165, 1.54) is 12.0 Å². The van der Waals surface area contributed by atoms with Gasteiger partial charge in [0.05, 0.1) is 12.2 Å². The molecule has 0 radical (unpaired) electrons. The molecule has 1 aromatic rings. The molecule has 1 fully saturated rings. The highest BCUT2D eigenvalue weighted by Crippen LogP contribution is 2.40. The minimum Gasteiger partial charge on any atom is -0.386 e. The van der Waals surface area contributed by atoms with Crippen LogP contribution in [-0.2, 0) is 4.74 Å². The molecule has 2 nitrogen and oxygen atoms in total. The van der Waals surface area contributed by atoms with Gasteiger partial charge in [-0.25, -0.2) is 0 Å². The van der Waals surface area contributed by atoms with Gasteiger partial charge in [-0.15, -0.1) is 0 Å². The van der Waals surface area contributed by atoms with Crippen molar-refractivity contribution in [1.29, 1.82) is 0 Å². The molecule has 4 unspecified atom stereocenters. The molecule has 0 heterocycles. The van der Waals surface area contributed by atoms with E-state index in [-0.39, 0.29) is 12.2 Å². The number of aryl methyl sites for hydroxylation is 1. The average molecular weight is 290 g/mol. The summed E-state index contributed by atoms with van der Waals surface area (Å²) in [4.78, 5) is 0. The topological polar surface area (TPSA) is 29.5 Å². The molecule has 0 aliphatic heterocycles. The zero-order chi connectivity index (χ0) is 15.6. The fourth-order valence-corrected chi connectivity index (χ4v) is 3.77. The van der Waals surface area contributed by atoms with E-state index in [1.54, 1.807) is 0 Å². The second-order valence-electron chi connectivity index (χ2n) is 7.73. The summed E-state index contributed by atoms with van der Waals surface area (Å²) in [7, 11) is 0. The second kappa shape index (κ2) is 6.50. The van der Waals surface area contributed by atoms with Gasteiger partial charge in [-0.05, 0) is 50.0 Å². The zero-order valence-electron chi connectivity index (χ0n) is 14.1. The van der Waals surface area contributed by atoms with Gasteiger partial charge in [0.25, 0.3) is 0 Å². The maximum Gasteiger partial charge on any atom is 0.105 e. The minimum absolute atomic E-state index is 0.168. The van der Waals surface area contributed by atoms with E-state index >= 15 is 0 Å². The van der Waals surface area contributed by atoms with Crippen LogP contribution < -0.4 is 0 Å². The lowest BCUT2D eigenvalue weighted by Crippen LogP contribution is -2.35. The van der Waals surface area contributed by atoms with E-state index in [0.717, 1.165) is 18.4 Å². The van der Waals surface area contributed by atoms with Crippen molar-refractivity contribution in [2.45, 2.75) is 72.2 Å². The molecule has 0 bridgehead atoms. The van der Waals surface area contributed by atoms with Gasteiger partial charge in [0.1, 0.15) is 6.10 Å². The van der Waals surface area contributed by atoms with Crippen molar-refractivity contribution in [1.82, 2.24) is 0 Å². The molecule has 0 amide bonds. The number of aliphatic hydroxyl groups is 1. The molecule has 1 aromatic carbocycles. The van der Waals surface area contributed by atoms with Gasteiger partial charge in [0.15, 0.2) is 0 Å². The SMILES string of the molecule is Cc1ccc(C(O)C(C)OC2CC(C)CC(C)(C)C2)cc1. The molecule has 0 aromatic heterocycles. The van der Waals surface area contributed by atoms with Gasteiger partial charge in [-0.2, -0.15) is 0 Å². The first kappa shape index (κ1) is 16.5. The molecule has 21 heavy (non-hydrogen) atoms. The molecule has 1 aliphatic rings. The van der Waals surface area contributed by atoms with E-state index in [4.69, 9.17) is 4.74 Å². The van der Waals surface area contributed by atoms with Crippen LogP contribution in [0.3, 0.4) is 0 Å². The molecule has 4 atom stereocenters. The van der Waals surface area contributed by atoms with Gasteiger partial charge in [0, 0.05) is 0 Å². The molecule has 2 heteroatoms. The van der Waals surface area contributed by atoms with Gasteiger partial charge in [0.2, 0.25) is 0 Å². The normalized spacial score (nSPS) is 28.1. The Labute approximate surface area is 129 Å². The highest BCUT2D eigenvalue weighted by atomic mass is 16.5. The lowest BCUT2D eigenvalue weighted by Gasteiger charge is -2.40. The molecular formula is C19H30O2. The summed E-state index contributed by atoms with van der Waals surface area (Å²) in [6, 6.07) is 8.06. The Bertz CT molecular complexity index is 449. The number of hydrogen-bond acceptors (Lipinski definition) is 2. The number of benzene rings is 1. The Morgan fingerprint density at radius 1 is 1.19 bits per heavy atom. The van der Waals surface area contributed by atoms with Crippen molar-refractivity contribution in [3.05, 3.63) is 35.4 Å². The molecule has 118 valence electrons. The third kappa shape index (κ3) is 4.55. The third-order valence-corrected chi connectivity index (χ3v) is 4.62. The second-order valence-corrected chi connectivity index (χ2v) is 7.73. The summed E-state index contributed by atoms with van der Waals surface area (Å²) in [5.41, 5.74) is 2.50. The standard InChI is InChI=1S/C19H30O2/c1-13-6-8-16(9-7-13)18(20)15(3)21-17-10-14(2)11-19(4,5)12-17/h6-9,14-15,17-18,20H,10-12H2,1-5H3. The molecule has 0 spiro atoms. The lowest BCUT2D eigenvalue weighted by atomic mass is 9.71. The van der Waals surface area contributed by atoms with Gasteiger partial charge >= 0.3 is 0 Å². The van der Waals surface area contributed by atoms with Crippen LogP contribution in [0.5, 0.6) is 0 Å². The van der Waals surface area contributed by atoms with Gasteiger partial charge in [-0.1, -0.05) is 50.6 Å². The smallest absolute Gasteiger partial charge is 0.105 e. The Morgan fingerprint density at radius 2 is 1.81 bits per heavy atom. The van der Waals surface area contributed by atoms with Crippen LogP contribution in [0.2, 0.25) is 0 Å². The molecule has 1 aliphatic carbocycles. The first-order chi connectivity index (χ1) is 9.77. The number of rotatable bonds is 4. The van der Waals surface area contributed by atoms with Crippen molar-refractivity contribution in [3.63, 3.8) is 0 Å².